The molecule has 0 unspecified atom stereocenters. The Balaban J connectivity index is 1.50. The zero-order chi connectivity index (χ0) is 28.8. The van der Waals surface area contributed by atoms with Crippen molar-refractivity contribution in [3.8, 4) is 17.2 Å². The molecule has 0 bridgehead atoms. The first-order valence-corrected chi connectivity index (χ1v) is 14.1. The molecule has 9 heteroatoms. The van der Waals surface area contributed by atoms with Crippen molar-refractivity contribution in [1.82, 2.24) is 4.57 Å². The van der Waals surface area contributed by atoms with E-state index in [1.165, 1.54) is 29.2 Å². The molecule has 0 fully saturated rings. The standard InChI is InChI=1S/C32H30N2O6S/c1-4-38-26-16-13-23(18-27(26)39-5-2)29-25(31(36)37-3)19-33-32-34(29)30(35)28(41-32)17-21-11-14-24(15-12-21)40-20-22-9-7-6-8-10-22/h6-19,29H,4-5,20H2,1-3H3/b28-17-/t29-/m0/s1. The molecule has 210 valence electrons. The van der Waals surface area contributed by atoms with Gasteiger partial charge in [-0.15, -0.1) is 0 Å². The zero-order valence-electron chi connectivity index (χ0n) is 23.0. The third-order valence-electron chi connectivity index (χ3n) is 6.43. The molecule has 0 saturated carbocycles. The molecule has 1 aromatic heterocycles. The van der Waals surface area contributed by atoms with Crippen LogP contribution in [-0.2, 0) is 16.1 Å². The van der Waals surface area contributed by atoms with E-state index >= 15 is 0 Å². The van der Waals surface area contributed by atoms with Gasteiger partial charge in [0.05, 0.1) is 36.5 Å². The van der Waals surface area contributed by atoms with E-state index in [0.717, 1.165) is 16.9 Å². The Morgan fingerprint density at radius 2 is 1.68 bits per heavy atom. The highest BCUT2D eigenvalue weighted by Crippen LogP contribution is 2.35. The van der Waals surface area contributed by atoms with Gasteiger partial charge in [-0.2, -0.15) is 0 Å². The van der Waals surface area contributed by atoms with E-state index in [2.05, 4.69) is 4.99 Å². The number of ether oxygens (including phenoxy) is 4. The fourth-order valence-electron chi connectivity index (χ4n) is 4.54. The number of rotatable bonds is 10. The van der Waals surface area contributed by atoms with Crippen molar-refractivity contribution in [2.24, 2.45) is 4.99 Å². The first-order chi connectivity index (χ1) is 20.0. The number of carbonyl (C=O) groups is 1. The SMILES string of the molecule is CCOc1ccc([C@H]2C(C(=O)OC)=CN=c3s/c(=C\c4ccc(OCc5ccccc5)cc4)c(=O)n32)cc1OCC. The first-order valence-electron chi connectivity index (χ1n) is 13.3. The number of fused-ring (bicyclic) bond motifs is 1. The van der Waals surface area contributed by atoms with Gasteiger partial charge in [0.2, 0.25) is 0 Å². The first kappa shape index (κ1) is 27.9. The minimum atomic E-state index is -0.746. The third-order valence-corrected chi connectivity index (χ3v) is 7.43. The summed E-state index contributed by atoms with van der Waals surface area (Å²) in [5.41, 5.74) is 2.59. The Kier molecular flexibility index (Phi) is 8.64. The lowest BCUT2D eigenvalue weighted by molar-refractivity contribution is -0.136. The maximum atomic E-state index is 13.8. The van der Waals surface area contributed by atoms with Crippen LogP contribution in [0.5, 0.6) is 17.2 Å². The van der Waals surface area contributed by atoms with E-state index in [1.807, 2.05) is 80.6 Å². The largest absolute Gasteiger partial charge is 0.490 e. The highest BCUT2D eigenvalue weighted by atomic mass is 32.1. The van der Waals surface area contributed by atoms with Crippen molar-refractivity contribution >= 4 is 23.4 Å². The smallest absolute Gasteiger partial charge is 0.337 e. The lowest BCUT2D eigenvalue weighted by Crippen LogP contribution is -2.39. The molecule has 1 aliphatic rings. The van der Waals surface area contributed by atoms with Gasteiger partial charge in [-0.3, -0.25) is 9.36 Å². The molecule has 41 heavy (non-hydrogen) atoms. The number of hydrogen-bond acceptors (Lipinski definition) is 8. The van der Waals surface area contributed by atoms with Crippen LogP contribution in [0.15, 0.2) is 94.4 Å². The number of carbonyl (C=O) groups excluding carboxylic acids is 1. The summed E-state index contributed by atoms with van der Waals surface area (Å²) in [6, 6.07) is 22.2. The average Bonchev–Trinajstić information content (AvgIpc) is 3.32. The lowest BCUT2D eigenvalue weighted by Gasteiger charge is -2.23. The second-order valence-corrected chi connectivity index (χ2v) is 10.1. The third kappa shape index (κ3) is 6.10. The molecule has 5 rings (SSSR count). The molecule has 0 spiro atoms. The van der Waals surface area contributed by atoms with Crippen LogP contribution in [-0.4, -0.2) is 30.9 Å². The van der Waals surface area contributed by atoms with Gasteiger partial charge >= 0.3 is 5.97 Å². The summed E-state index contributed by atoms with van der Waals surface area (Å²) in [5.74, 6) is 1.29. The van der Waals surface area contributed by atoms with Gasteiger partial charge in [-0.1, -0.05) is 59.9 Å². The number of thiazole rings is 1. The summed E-state index contributed by atoms with van der Waals surface area (Å²) in [6.07, 6.45) is 3.29. The van der Waals surface area contributed by atoms with Crippen LogP contribution in [0.3, 0.4) is 0 Å². The molecule has 2 heterocycles. The second kappa shape index (κ2) is 12.7. The molecule has 8 nitrogen and oxygen atoms in total. The lowest BCUT2D eigenvalue weighted by atomic mass is 9.97. The van der Waals surface area contributed by atoms with E-state index in [9.17, 15) is 9.59 Å². The van der Waals surface area contributed by atoms with E-state index in [0.29, 0.717) is 46.2 Å². The summed E-state index contributed by atoms with van der Waals surface area (Å²) in [4.78, 5) is 31.5. The molecule has 3 aromatic carbocycles. The van der Waals surface area contributed by atoms with Crippen molar-refractivity contribution in [3.63, 3.8) is 0 Å². The van der Waals surface area contributed by atoms with Crippen LogP contribution in [0.1, 0.15) is 36.6 Å². The molecular weight excluding hydrogens is 540 g/mol. The molecule has 0 N–H and O–H groups in total. The van der Waals surface area contributed by atoms with Gasteiger partial charge in [-0.25, -0.2) is 9.79 Å². The quantitative estimate of drug-likeness (QED) is 0.263. The number of benzene rings is 3. The van der Waals surface area contributed by atoms with Crippen molar-refractivity contribution in [1.29, 1.82) is 0 Å². The van der Waals surface area contributed by atoms with Crippen LogP contribution in [0, 0.1) is 0 Å². The van der Waals surface area contributed by atoms with Crippen molar-refractivity contribution < 1.29 is 23.7 Å². The Morgan fingerprint density at radius 1 is 0.951 bits per heavy atom. The van der Waals surface area contributed by atoms with E-state index < -0.39 is 12.0 Å². The van der Waals surface area contributed by atoms with Crippen molar-refractivity contribution in [3.05, 3.63) is 121 Å². The normalized spacial score (nSPS) is 14.5. The molecular formula is C32H30N2O6S. The number of methoxy groups -OCH3 is 1. The Labute approximate surface area is 241 Å². The highest BCUT2D eigenvalue weighted by molar-refractivity contribution is 7.07. The van der Waals surface area contributed by atoms with E-state index in [1.54, 1.807) is 12.1 Å². The maximum Gasteiger partial charge on any atom is 0.337 e. The molecule has 0 amide bonds. The summed E-state index contributed by atoms with van der Waals surface area (Å²) in [7, 11) is 1.31. The molecule has 0 radical (unpaired) electrons. The van der Waals surface area contributed by atoms with Crippen molar-refractivity contribution in [2.45, 2.75) is 26.5 Å². The molecule has 4 aromatic rings. The number of aromatic nitrogens is 1. The monoisotopic (exact) mass is 570 g/mol. The highest BCUT2D eigenvalue weighted by Gasteiger charge is 2.31. The predicted octanol–water partition coefficient (Wildman–Crippen LogP) is 4.39. The summed E-state index contributed by atoms with van der Waals surface area (Å²) < 4.78 is 24.5. The van der Waals surface area contributed by atoms with Gasteiger partial charge in [0.15, 0.2) is 16.3 Å². The molecule has 0 aliphatic carbocycles. The zero-order valence-corrected chi connectivity index (χ0v) is 23.9. The van der Waals surface area contributed by atoms with Gasteiger partial charge in [-0.05, 0) is 60.9 Å². The van der Waals surface area contributed by atoms with E-state index in [4.69, 9.17) is 18.9 Å². The maximum absolute atomic E-state index is 13.8. The van der Waals surface area contributed by atoms with Gasteiger partial charge in [0.25, 0.3) is 5.56 Å². The fraction of sp³-hybridized carbons (Fsp3) is 0.219. The number of nitrogens with zero attached hydrogens (tertiary/aromatic N) is 2. The molecule has 1 aliphatic heterocycles. The Hall–Kier alpha value is -4.63. The minimum absolute atomic E-state index is 0.248. The predicted molar refractivity (Wildman–Crippen MR) is 157 cm³/mol. The van der Waals surface area contributed by atoms with Crippen LogP contribution in [0.4, 0.5) is 0 Å². The Bertz CT molecular complexity index is 1740. The van der Waals surface area contributed by atoms with Gasteiger partial charge in [0.1, 0.15) is 12.4 Å². The molecule has 1 atom stereocenters. The summed E-state index contributed by atoms with van der Waals surface area (Å²) in [6.45, 7) is 5.15. The van der Waals surface area contributed by atoms with Crippen LogP contribution in [0.25, 0.3) is 6.08 Å². The fourth-order valence-corrected chi connectivity index (χ4v) is 5.51. The summed E-state index contributed by atoms with van der Waals surface area (Å²) in [5, 5.41) is 0. The number of hydrogen-bond donors (Lipinski definition) is 0. The van der Waals surface area contributed by atoms with Gasteiger partial charge in [0, 0.05) is 6.20 Å². The van der Waals surface area contributed by atoms with Gasteiger partial charge < -0.3 is 18.9 Å². The molecule has 0 saturated heterocycles. The topological polar surface area (TPSA) is 88.4 Å². The second-order valence-electron chi connectivity index (χ2n) is 9.09. The Morgan fingerprint density at radius 3 is 2.39 bits per heavy atom. The minimum Gasteiger partial charge on any atom is -0.490 e. The van der Waals surface area contributed by atoms with E-state index in [-0.39, 0.29) is 11.1 Å². The van der Waals surface area contributed by atoms with Crippen molar-refractivity contribution in [2.75, 3.05) is 20.3 Å². The van der Waals surface area contributed by atoms with Crippen LogP contribution in [0.2, 0.25) is 0 Å². The average molecular weight is 571 g/mol. The van der Waals surface area contributed by atoms with Crippen LogP contribution < -0.4 is 29.1 Å². The summed E-state index contributed by atoms with van der Waals surface area (Å²) >= 11 is 1.26. The number of esters is 1. The van der Waals surface area contributed by atoms with Crippen LogP contribution >= 0.6 is 11.3 Å².